The highest BCUT2D eigenvalue weighted by Gasteiger charge is 2.39. The molecule has 2 atom stereocenters. The summed E-state index contributed by atoms with van der Waals surface area (Å²) in [6.45, 7) is 2.79. The Balaban J connectivity index is 0.00000162. The average molecular weight is 297 g/mol. The van der Waals surface area contributed by atoms with Crippen LogP contribution < -0.4 is 10.6 Å². The number of carbonyl (C=O) groups excluding carboxylic acids is 1. The normalized spacial score (nSPS) is 33.9. The highest BCUT2D eigenvalue weighted by molar-refractivity contribution is 7.91. The Morgan fingerprint density at radius 2 is 2.22 bits per heavy atom. The standard InChI is InChI=1S/C11H20N2O3S.ClH/c1-11(4-6-17(15,16)8-11)13-10(14)7-9-3-2-5-12-9;/h9,12H,2-8H2,1H3,(H,13,14);1H. The Morgan fingerprint density at radius 1 is 1.50 bits per heavy atom. The zero-order valence-electron chi connectivity index (χ0n) is 10.6. The SMILES string of the molecule is CC1(NC(=O)CC2CCCN2)CCS(=O)(=O)C1.Cl. The van der Waals surface area contributed by atoms with Crippen molar-refractivity contribution in [3.05, 3.63) is 0 Å². The summed E-state index contributed by atoms with van der Waals surface area (Å²) in [5.41, 5.74) is -0.561. The Kier molecular flexibility index (Phi) is 5.03. The van der Waals surface area contributed by atoms with E-state index in [4.69, 9.17) is 0 Å². The Labute approximate surface area is 114 Å². The van der Waals surface area contributed by atoms with Gasteiger partial charge in [0, 0.05) is 12.5 Å². The maximum absolute atomic E-state index is 11.8. The molecule has 2 aliphatic rings. The maximum Gasteiger partial charge on any atom is 0.222 e. The van der Waals surface area contributed by atoms with Crippen LogP contribution in [-0.4, -0.2) is 44.0 Å². The summed E-state index contributed by atoms with van der Waals surface area (Å²) in [4.78, 5) is 11.8. The maximum atomic E-state index is 11.8. The molecule has 0 saturated carbocycles. The van der Waals surface area contributed by atoms with E-state index in [0.717, 1.165) is 19.4 Å². The minimum Gasteiger partial charge on any atom is -0.350 e. The smallest absolute Gasteiger partial charge is 0.222 e. The molecular weight excluding hydrogens is 276 g/mol. The molecule has 0 aliphatic carbocycles. The average Bonchev–Trinajstić information content (AvgIpc) is 2.74. The number of halogens is 1. The fraction of sp³-hybridized carbons (Fsp3) is 0.909. The molecule has 2 heterocycles. The molecule has 2 N–H and O–H groups in total. The van der Waals surface area contributed by atoms with Crippen molar-refractivity contribution >= 4 is 28.2 Å². The van der Waals surface area contributed by atoms with Gasteiger partial charge in [-0.15, -0.1) is 12.4 Å². The first kappa shape index (κ1) is 15.7. The van der Waals surface area contributed by atoms with E-state index in [1.165, 1.54) is 0 Å². The number of carbonyl (C=O) groups is 1. The quantitative estimate of drug-likeness (QED) is 0.782. The van der Waals surface area contributed by atoms with Gasteiger partial charge in [-0.2, -0.15) is 0 Å². The molecular formula is C11H21ClN2O3S. The van der Waals surface area contributed by atoms with E-state index < -0.39 is 15.4 Å². The monoisotopic (exact) mass is 296 g/mol. The summed E-state index contributed by atoms with van der Waals surface area (Å²) in [5.74, 6) is 0.221. The van der Waals surface area contributed by atoms with Gasteiger partial charge < -0.3 is 10.6 Å². The van der Waals surface area contributed by atoms with Crippen molar-refractivity contribution < 1.29 is 13.2 Å². The second kappa shape index (κ2) is 5.75. The lowest BCUT2D eigenvalue weighted by molar-refractivity contribution is -0.123. The van der Waals surface area contributed by atoms with Gasteiger partial charge in [0.2, 0.25) is 5.91 Å². The van der Waals surface area contributed by atoms with E-state index in [2.05, 4.69) is 10.6 Å². The molecule has 18 heavy (non-hydrogen) atoms. The molecule has 2 fully saturated rings. The second-order valence-corrected chi connectivity index (χ2v) is 7.63. The first-order chi connectivity index (χ1) is 7.89. The van der Waals surface area contributed by atoms with Crippen molar-refractivity contribution in [1.29, 1.82) is 0 Å². The summed E-state index contributed by atoms with van der Waals surface area (Å²) in [7, 11) is -2.96. The first-order valence-corrected chi connectivity index (χ1v) is 7.96. The molecule has 0 aromatic heterocycles. The third kappa shape index (κ3) is 4.10. The van der Waals surface area contributed by atoms with Gasteiger partial charge in [0.05, 0.1) is 17.0 Å². The Morgan fingerprint density at radius 3 is 2.72 bits per heavy atom. The summed E-state index contributed by atoms with van der Waals surface area (Å²) in [5, 5.41) is 6.14. The molecule has 0 aromatic rings. The van der Waals surface area contributed by atoms with Crippen LogP contribution >= 0.6 is 12.4 Å². The van der Waals surface area contributed by atoms with Crippen LogP contribution in [0.1, 0.15) is 32.6 Å². The van der Waals surface area contributed by atoms with Gasteiger partial charge in [-0.05, 0) is 32.7 Å². The lowest BCUT2D eigenvalue weighted by Gasteiger charge is -2.24. The van der Waals surface area contributed by atoms with Gasteiger partial charge in [-0.25, -0.2) is 8.42 Å². The molecule has 1 amide bonds. The molecule has 2 rings (SSSR count). The minimum atomic E-state index is -2.96. The van der Waals surface area contributed by atoms with Crippen LogP contribution in [0.25, 0.3) is 0 Å². The van der Waals surface area contributed by atoms with Gasteiger partial charge in [0.25, 0.3) is 0 Å². The van der Waals surface area contributed by atoms with Crippen LogP contribution in [0.5, 0.6) is 0 Å². The van der Waals surface area contributed by atoms with Crippen LogP contribution in [0.4, 0.5) is 0 Å². The second-order valence-electron chi connectivity index (χ2n) is 5.45. The lowest BCUT2D eigenvalue weighted by atomic mass is 10.0. The summed E-state index contributed by atoms with van der Waals surface area (Å²) in [6, 6.07) is 0.261. The predicted octanol–water partition coefficient (Wildman–Crippen LogP) is 0.244. The molecule has 0 radical (unpaired) electrons. The van der Waals surface area contributed by atoms with Crippen LogP contribution in [0.15, 0.2) is 0 Å². The van der Waals surface area contributed by atoms with Crippen molar-refractivity contribution in [3.8, 4) is 0 Å². The van der Waals surface area contributed by atoms with E-state index >= 15 is 0 Å². The van der Waals surface area contributed by atoms with Gasteiger partial charge in [0.1, 0.15) is 0 Å². The molecule has 2 unspecified atom stereocenters. The van der Waals surface area contributed by atoms with E-state index in [-0.39, 0.29) is 35.9 Å². The van der Waals surface area contributed by atoms with Gasteiger partial charge >= 0.3 is 0 Å². The summed E-state index contributed by atoms with van der Waals surface area (Å²) < 4.78 is 22.8. The number of nitrogens with one attached hydrogen (secondary N) is 2. The molecule has 2 aliphatic heterocycles. The van der Waals surface area contributed by atoms with E-state index in [1.54, 1.807) is 0 Å². The van der Waals surface area contributed by atoms with Crippen molar-refractivity contribution in [2.75, 3.05) is 18.1 Å². The minimum absolute atomic E-state index is 0. The van der Waals surface area contributed by atoms with Crippen LogP contribution in [0.3, 0.4) is 0 Å². The topological polar surface area (TPSA) is 75.3 Å². The number of hydrogen-bond donors (Lipinski definition) is 2. The highest BCUT2D eigenvalue weighted by atomic mass is 35.5. The van der Waals surface area contributed by atoms with Gasteiger partial charge in [-0.1, -0.05) is 0 Å². The zero-order chi connectivity index (χ0) is 12.5. The molecule has 2 saturated heterocycles. The molecule has 5 nitrogen and oxygen atoms in total. The predicted molar refractivity (Wildman–Crippen MR) is 72.7 cm³/mol. The van der Waals surface area contributed by atoms with Crippen molar-refractivity contribution in [2.45, 2.75) is 44.2 Å². The van der Waals surface area contributed by atoms with Crippen LogP contribution in [-0.2, 0) is 14.6 Å². The van der Waals surface area contributed by atoms with Crippen molar-refractivity contribution in [2.24, 2.45) is 0 Å². The molecule has 0 aromatic carbocycles. The van der Waals surface area contributed by atoms with Gasteiger partial charge in [-0.3, -0.25) is 4.79 Å². The number of amides is 1. The van der Waals surface area contributed by atoms with Crippen LogP contribution in [0, 0.1) is 0 Å². The third-order valence-corrected chi connectivity index (χ3v) is 5.44. The fourth-order valence-corrected chi connectivity index (χ4v) is 4.74. The van der Waals surface area contributed by atoms with Crippen molar-refractivity contribution in [3.63, 3.8) is 0 Å². The van der Waals surface area contributed by atoms with E-state index in [0.29, 0.717) is 12.8 Å². The molecule has 0 bridgehead atoms. The molecule has 7 heteroatoms. The Bertz CT molecular complexity index is 407. The lowest BCUT2D eigenvalue weighted by Crippen LogP contribution is -2.48. The largest absolute Gasteiger partial charge is 0.350 e. The zero-order valence-corrected chi connectivity index (χ0v) is 12.2. The van der Waals surface area contributed by atoms with Gasteiger partial charge in [0.15, 0.2) is 9.84 Å². The summed E-state index contributed by atoms with van der Waals surface area (Å²) in [6.07, 6.45) is 3.13. The van der Waals surface area contributed by atoms with E-state index in [9.17, 15) is 13.2 Å². The van der Waals surface area contributed by atoms with Crippen molar-refractivity contribution in [1.82, 2.24) is 10.6 Å². The number of sulfone groups is 1. The highest BCUT2D eigenvalue weighted by Crippen LogP contribution is 2.23. The Hall–Kier alpha value is -0.330. The number of rotatable bonds is 3. The molecule has 106 valence electrons. The fourth-order valence-electron chi connectivity index (χ4n) is 2.65. The number of hydrogen-bond acceptors (Lipinski definition) is 4. The third-order valence-electron chi connectivity index (χ3n) is 3.54. The van der Waals surface area contributed by atoms with Crippen LogP contribution in [0.2, 0.25) is 0 Å². The van der Waals surface area contributed by atoms with E-state index in [1.807, 2.05) is 6.92 Å². The first-order valence-electron chi connectivity index (χ1n) is 6.13. The molecule has 0 spiro atoms. The summed E-state index contributed by atoms with van der Waals surface area (Å²) >= 11 is 0.